The lowest BCUT2D eigenvalue weighted by molar-refractivity contribution is 0.282. The van der Waals surface area contributed by atoms with Gasteiger partial charge in [-0.2, -0.15) is 0 Å². The van der Waals surface area contributed by atoms with E-state index in [2.05, 4.69) is 17.1 Å². The van der Waals surface area contributed by atoms with Crippen LogP contribution in [0.15, 0.2) is 52.9 Å². The average Bonchev–Trinajstić information content (AvgIpc) is 2.88. The van der Waals surface area contributed by atoms with Crippen molar-refractivity contribution in [2.45, 2.75) is 19.4 Å². The topological polar surface area (TPSA) is 46.3 Å². The van der Waals surface area contributed by atoms with E-state index in [1.54, 1.807) is 0 Å². The maximum atomic E-state index is 9.09. The molecule has 0 amide bonds. The number of hydrogen-bond acceptors (Lipinski definition) is 3. The van der Waals surface area contributed by atoms with Gasteiger partial charge in [-0.05, 0) is 29.7 Å². The Balaban J connectivity index is 1.78. The fraction of sp³-hybridized carbons (Fsp3) is 0.188. The van der Waals surface area contributed by atoms with Crippen LogP contribution in [0.2, 0.25) is 0 Å². The van der Waals surface area contributed by atoms with Gasteiger partial charge < -0.3 is 9.52 Å². The summed E-state index contributed by atoms with van der Waals surface area (Å²) in [7, 11) is 0. The minimum absolute atomic E-state index is 0.0238. The highest BCUT2D eigenvalue weighted by molar-refractivity contribution is 5.73. The number of benzene rings is 2. The standard InChI is InChI=1S/C16H15NO2/c18-11-13-6-8-14-15(10-13)19-16(17-14)9-7-12-4-2-1-3-5-12/h1-6,8,10,18H,7,9,11H2. The van der Waals surface area contributed by atoms with Crippen LogP contribution < -0.4 is 0 Å². The molecule has 0 saturated carbocycles. The Morgan fingerprint density at radius 2 is 1.79 bits per heavy atom. The molecule has 1 heterocycles. The molecule has 2 aromatic carbocycles. The van der Waals surface area contributed by atoms with E-state index < -0.39 is 0 Å². The van der Waals surface area contributed by atoms with E-state index in [0.717, 1.165) is 35.4 Å². The maximum absolute atomic E-state index is 9.09. The molecule has 3 heteroatoms. The van der Waals surface area contributed by atoms with Gasteiger partial charge in [0.2, 0.25) is 0 Å². The van der Waals surface area contributed by atoms with Gasteiger partial charge in [0.15, 0.2) is 11.5 Å². The molecule has 0 aliphatic heterocycles. The Morgan fingerprint density at radius 1 is 0.947 bits per heavy atom. The predicted molar refractivity (Wildman–Crippen MR) is 73.8 cm³/mol. The van der Waals surface area contributed by atoms with E-state index in [9.17, 15) is 0 Å². The quantitative estimate of drug-likeness (QED) is 0.777. The number of aliphatic hydroxyl groups is 1. The number of nitrogens with zero attached hydrogens (tertiary/aromatic N) is 1. The van der Waals surface area contributed by atoms with Crippen LogP contribution >= 0.6 is 0 Å². The smallest absolute Gasteiger partial charge is 0.195 e. The van der Waals surface area contributed by atoms with Crippen molar-refractivity contribution in [2.24, 2.45) is 0 Å². The monoisotopic (exact) mass is 253 g/mol. The third-order valence-corrected chi connectivity index (χ3v) is 3.15. The molecule has 0 fully saturated rings. The first-order valence-electron chi connectivity index (χ1n) is 6.38. The Hall–Kier alpha value is -2.13. The molecule has 3 aromatic rings. The average molecular weight is 253 g/mol. The van der Waals surface area contributed by atoms with Crippen LogP contribution in [0, 0.1) is 0 Å². The molecule has 0 unspecified atom stereocenters. The van der Waals surface area contributed by atoms with Crippen molar-refractivity contribution in [1.29, 1.82) is 0 Å². The summed E-state index contributed by atoms with van der Waals surface area (Å²) in [6.45, 7) is 0.0238. The Kier molecular flexibility index (Phi) is 3.29. The van der Waals surface area contributed by atoms with Crippen LogP contribution in [0.4, 0.5) is 0 Å². The fourth-order valence-electron chi connectivity index (χ4n) is 2.12. The summed E-state index contributed by atoms with van der Waals surface area (Å²) in [5.74, 6) is 0.744. The maximum Gasteiger partial charge on any atom is 0.195 e. The van der Waals surface area contributed by atoms with Crippen molar-refractivity contribution in [1.82, 2.24) is 4.98 Å². The van der Waals surface area contributed by atoms with Crippen molar-refractivity contribution < 1.29 is 9.52 Å². The highest BCUT2D eigenvalue weighted by Crippen LogP contribution is 2.18. The zero-order chi connectivity index (χ0) is 13.1. The normalized spacial score (nSPS) is 11.0. The summed E-state index contributed by atoms with van der Waals surface area (Å²) < 4.78 is 5.71. The largest absolute Gasteiger partial charge is 0.441 e. The van der Waals surface area contributed by atoms with Gasteiger partial charge in [-0.1, -0.05) is 36.4 Å². The molecular formula is C16H15NO2. The Labute approximate surface area is 111 Å². The highest BCUT2D eigenvalue weighted by atomic mass is 16.3. The molecule has 1 N–H and O–H groups in total. The van der Waals surface area contributed by atoms with Gasteiger partial charge in [-0.25, -0.2) is 4.98 Å². The van der Waals surface area contributed by atoms with Crippen molar-refractivity contribution in [3.63, 3.8) is 0 Å². The van der Waals surface area contributed by atoms with E-state index in [1.165, 1.54) is 5.56 Å². The number of oxazole rings is 1. The molecule has 0 atom stereocenters. The number of aliphatic hydroxyl groups excluding tert-OH is 1. The van der Waals surface area contributed by atoms with E-state index in [0.29, 0.717) is 0 Å². The van der Waals surface area contributed by atoms with Gasteiger partial charge in [-0.15, -0.1) is 0 Å². The molecule has 0 aliphatic rings. The third kappa shape index (κ3) is 2.66. The van der Waals surface area contributed by atoms with E-state index >= 15 is 0 Å². The molecule has 0 saturated heterocycles. The molecule has 1 aromatic heterocycles. The molecule has 19 heavy (non-hydrogen) atoms. The lowest BCUT2D eigenvalue weighted by Gasteiger charge is -1.97. The molecule has 3 nitrogen and oxygen atoms in total. The molecular weight excluding hydrogens is 238 g/mol. The van der Waals surface area contributed by atoms with Crippen LogP contribution in [0.3, 0.4) is 0 Å². The number of fused-ring (bicyclic) bond motifs is 1. The third-order valence-electron chi connectivity index (χ3n) is 3.15. The zero-order valence-electron chi connectivity index (χ0n) is 10.5. The lowest BCUT2D eigenvalue weighted by atomic mass is 10.1. The van der Waals surface area contributed by atoms with Crippen LogP contribution in [0.1, 0.15) is 17.0 Å². The number of aromatic nitrogens is 1. The van der Waals surface area contributed by atoms with Crippen LogP contribution in [0.5, 0.6) is 0 Å². The minimum Gasteiger partial charge on any atom is -0.441 e. The highest BCUT2D eigenvalue weighted by Gasteiger charge is 2.06. The van der Waals surface area contributed by atoms with Gasteiger partial charge >= 0.3 is 0 Å². The first-order chi connectivity index (χ1) is 9.35. The second kappa shape index (κ2) is 5.24. The van der Waals surface area contributed by atoms with Crippen molar-refractivity contribution in [3.05, 3.63) is 65.5 Å². The van der Waals surface area contributed by atoms with Gasteiger partial charge in [0, 0.05) is 6.42 Å². The summed E-state index contributed by atoms with van der Waals surface area (Å²) in [6, 6.07) is 15.9. The fourth-order valence-corrected chi connectivity index (χ4v) is 2.12. The van der Waals surface area contributed by atoms with Gasteiger partial charge in [-0.3, -0.25) is 0 Å². The Morgan fingerprint density at radius 3 is 2.58 bits per heavy atom. The zero-order valence-corrected chi connectivity index (χ0v) is 10.5. The molecule has 96 valence electrons. The first kappa shape index (κ1) is 11.9. The van der Waals surface area contributed by atoms with Crippen molar-refractivity contribution in [3.8, 4) is 0 Å². The number of hydrogen-bond donors (Lipinski definition) is 1. The first-order valence-corrected chi connectivity index (χ1v) is 6.38. The molecule has 0 bridgehead atoms. The second-order valence-electron chi connectivity index (χ2n) is 4.55. The van der Waals surface area contributed by atoms with Crippen LogP contribution in [-0.2, 0) is 19.4 Å². The Bertz CT molecular complexity index is 674. The SMILES string of the molecule is OCc1ccc2nc(CCc3ccccc3)oc2c1. The minimum atomic E-state index is 0.0238. The van der Waals surface area contributed by atoms with Gasteiger partial charge in [0.25, 0.3) is 0 Å². The predicted octanol–water partition coefficient (Wildman–Crippen LogP) is 3.11. The lowest BCUT2D eigenvalue weighted by Crippen LogP contribution is -1.90. The number of aryl methyl sites for hydroxylation is 2. The molecule has 0 spiro atoms. The number of rotatable bonds is 4. The molecule has 0 radical (unpaired) electrons. The summed E-state index contributed by atoms with van der Waals surface area (Å²) in [6.07, 6.45) is 1.70. The van der Waals surface area contributed by atoms with Crippen molar-refractivity contribution in [2.75, 3.05) is 0 Å². The second-order valence-corrected chi connectivity index (χ2v) is 4.55. The van der Waals surface area contributed by atoms with E-state index in [4.69, 9.17) is 9.52 Å². The van der Waals surface area contributed by atoms with E-state index in [-0.39, 0.29) is 6.61 Å². The van der Waals surface area contributed by atoms with Gasteiger partial charge in [0.05, 0.1) is 6.61 Å². The summed E-state index contributed by atoms with van der Waals surface area (Å²) in [4.78, 5) is 4.45. The molecule has 0 aliphatic carbocycles. The van der Waals surface area contributed by atoms with E-state index in [1.807, 2.05) is 36.4 Å². The van der Waals surface area contributed by atoms with Crippen molar-refractivity contribution >= 4 is 11.1 Å². The summed E-state index contributed by atoms with van der Waals surface area (Å²) >= 11 is 0. The van der Waals surface area contributed by atoms with Gasteiger partial charge in [0.1, 0.15) is 5.52 Å². The summed E-state index contributed by atoms with van der Waals surface area (Å²) in [5, 5.41) is 9.09. The molecule has 3 rings (SSSR count). The summed E-state index contributed by atoms with van der Waals surface area (Å²) in [5.41, 5.74) is 3.72. The van der Waals surface area contributed by atoms with Crippen LogP contribution in [-0.4, -0.2) is 10.1 Å². The van der Waals surface area contributed by atoms with Crippen LogP contribution in [0.25, 0.3) is 11.1 Å².